The molecule has 1 aromatic carbocycles. The minimum absolute atomic E-state index is 0.145. The molecular formula is C21H26N4O3. The highest BCUT2D eigenvalue weighted by Crippen LogP contribution is 2.29. The molecule has 0 saturated heterocycles. The van der Waals surface area contributed by atoms with Gasteiger partial charge in [0, 0.05) is 24.6 Å². The van der Waals surface area contributed by atoms with Gasteiger partial charge in [0.2, 0.25) is 5.91 Å². The van der Waals surface area contributed by atoms with Gasteiger partial charge in [-0.2, -0.15) is 0 Å². The van der Waals surface area contributed by atoms with Gasteiger partial charge >= 0.3 is 6.03 Å². The van der Waals surface area contributed by atoms with Gasteiger partial charge in [-0.25, -0.2) is 4.79 Å². The minimum atomic E-state index is -0.887. The number of anilines is 1. The predicted octanol–water partition coefficient (Wildman–Crippen LogP) is 3.23. The number of methoxy groups -OCH3 is 1. The Kier molecular flexibility index (Phi) is 6.47. The first kappa shape index (κ1) is 19.7. The molecule has 1 saturated carbocycles. The van der Waals surface area contributed by atoms with E-state index in [9.17, 15) is 9.59 Å². The Morgan fingerprint density at radius 2 is 1.71 bits per heavy atom. The van der Waals surface area contributed by atoms with Crippen molar-refractivity contribution >= 4 is 17.6 Å². The van der Waals surface area contributed by atoms with Crippen LogP contribution in [-0.2, 0) is 11.3 Å². The maximum Gasteiger partial charge on any atom is 0.320 e. The number of nitrogens with one attached hydrogen (secondary N) is 3. The normalized spacial score (nSPS) is 15.3. The largest absolute Gasteiger partial charge is 0.497 e. The Balaban J connectivity index is 1.64. The van der Waals surface area contributed by atoms with Gasteiger partial charge < -0.3 is 20.7 Å². The number of hydrogen-bond acceptors (Lipinski definition) is 4. The summed E-state index contributed by atoms with van der Waals surface area (Å²) in [6.45, 7) is 0.408. The number of carbonyl (C=O) groups is 2. The van der Waals surface area contributed by atoms with Crippen molar-refractivity contribution in [3.05, 3.63) is 54.4 Å². The lowest BCUT2D eigenvalue weighted by Gasteiger charge is -2.36. The summed E-state index contributed by atoms with van der Waals surface area (Å²) in [4.78, 5) is 29.5. The topological polar surface area (TPSA) is 92.4 Å². The zero-order chi connectivity index (χ0) is 19.8. The van der Waals surface area contributed by atoms with Crippen LogP contribution in [0.15, 0.2) is 48.8 Å². The summed E-state index contributed by atoms with van der Waals surface area (Å²) in [6, 6.07) is 10.4. The van der Waals surface area contributed by atoms with E-state index < -0.39 is 5.54 Å². The Morgan fingerprint density at radius 1 is 1.04 bits per heavy atom. The van der Waals surface area contributed by atoms with Gasteiger partial charge in [0.15, 0.2) is 0 Å². The second kappa shape index (κ2) is 9.21. The van der Waals surface area contributed by atoms with E-state index in [1.165, 1.54) is 0 Å². The fourth-order valence-corrected chi connectivity index (χ4v) is 3.47. The van der Waals surface area contributed by atoms with Crippen LogP contribution < -0.4 is 20.7 Å². The van der Waals surface area contributed by atoms with Crippen LogP contribution in [0.1, 0.15) is 37.7 Å². The summed E-state index contributed by atoms with van der Waals surface area (Å²) in [6.07, 6.45) is 7.53. The smallest absolute Gasteiger partial charge is 0.320 e. The lowest BCUT2D eigenvalue weighted by molar-refractivity contribution is -0.128. The molecular weight excluding hydrogens is 356 g/mol. The van der Waals surface area contributed by atoms with Crippen molar-refractivity contribution in [1.82, 2.24) is 15.6 Å². The number of aromatic nitrogens is 1. The number of amides is 3. The van der Waals surface area contributed by atoms with Gasteiger partial charge in [-0.15, -0.1) is 0 Å². The van der Waals surface area contributed by atoms with Gasteiger partial charge in [0.05, 0.1) is 7.11 Å². The molecule has 3 N–H and O–H groups in total. The first-order chi connectivity index (χ1) is 13.6. The van der Waals surface area contributed by atoms with Crippen molar-refractivity contribution in [1.29, 1.82) is 0 Å². The summed E-state index contributed by atoms with van der Waals surface area (Å²) in [5.41, 5.74) is 0.723. The molecule has 148 valence electrons. The summed E-state index contributed by atoms with van der Waals surface area (Å²) in [5, 5.41) is 8.71. The molecule has 0 atom stereocenters. The van der Waals surface area contributed by atoms with Crippen LogP contribution in [-0.4, -0.2) is 29.6 Å². The lowest BCUT2D eigenvalue weighted by Crippen LogP contribution is -2.60. The Hall–Kier alpha value is -3.09. The van der Waals surface area contributed by atoms with E-state index >= 15 is 0 Å². The zero-order valence-electron chi connectivity index (χ0n) is 16.0. The molecule has 1 fully saturated rings. The summed E-state index contributed by atoms with van der Waals surface area (Å²) in [5.74, 6) is 0.569. The molecule has 1 aromatic heterocycles. The third-order valence-corrected chi connectivity index (χ3v) is 5.04. The average Bonchev–Trinajstić information content (AvgIpc) is 2.74. The van der Waals surface area contributed by atoms with Crippen LogP contribution in [0.5, 0.6) is 5.75 Å². The predicted molar refractivity (Wildman–Crippen MR) is 107 cm³/mol. The van der Waals surface area contributed by atoms with Gasteiger partial charge in [0.25, 0.3) is 0 Å². The van der Waals surface area contributed by atoms with Crippen molar-refractivity contribution in [2.75, 3.05) is 12.4 Å². The molecule has 3 rings (SSSR count). The van der Waals surface area contributed by atoms with Crippen LogP contribution in [0.25, 0.3) is 0 Å². The molecule has 7 nitrogen and oxygen atoms in total. The van der Waals surface area contributed by atoms with Crippen molar-refractivity contribution in [2.24, 2.45) is 0 Å². The Bertz CT molecular complexity index is 787. The van der Waals surface area contributed by atoms with E-state index in [1.807, 2.05) is 12.1 Å². The third-order valence-electron chi connectivity index (χ3n) is 5.04. The monoisotopic (exact) mass is 382 g/mol. The zero-order valence-corrected chi connectivity index (χ0v) is 16.0. The molecule has 0 radical (unpaired) electrons. The minimum Gasteiger partial charge on any atom is -0.497 e. The number of carbonyl (C=O) groups excluding carboxylic acids is 2. The van der Waals surface area contributed by atoms with Crippen molar-refractivity contribution in [2.45, 2.75) is 44.2 Å². The summed E-state index contributed by atoms with van der Waals surface area (Å²) in [7, 11) is 1.59. The van der Waals surface area contributed by atoms with Gasteiger partial charge in [0.1, 0.15) is 11.3 Å². The highest BCUT2D eigenvalue weighted by Gasteiger charge is 2.40. The number of ether oxygens (including phenoxy) is 1. The maximum atomic E-state index is 13.0. The van der Waals surface area contributed by atoms with Crippen LogP contribution in [0.2, 0.25) is 0 Å². The molecule has 3 amide bonds. The van der Waals surface area contributed by atoms with E-state index in [4.69, 9.17) is 4.74 Å². The van der Waals surface area contributed by atoms with Crippen LogP contribution >= 0.6 is 0 Å². The molecule has 0 unspecified atom stereocenters. The van der Waals surface area contributed by atoms with Crippen LogP contribution in [0.3, 0.4) is 0 Å². The highest BCUT2D eigenvalue weighted by atomic mass is 16.5. The van der Waals surface area contributed by atoms with E-state index in [2.05, 4.69) is 20.9 Å². The molecule has 1 aliphatic rings. The number of urea groups is 1. The number of benzene rings is 1. The molecule has 1 heterocycles. The van der Waals surface area contributed by atoms with E-state index in [1.54, 1.807) is 43.8 Å². The lowest BCUT2D eigenvalue weighted by atomic mass is 9.81. The summed E-state index contributed by atoms with van der Waals surface area (Å²) < 4.78 is 5.12. The number of pyridine rings is 1. The van der Waals surface area contributed by atoms with E-state index in [0.29, 0.717) is 30.8 Å². The van der Waals surface area contributed by atoms with Gasteiger partial charge in [-0.1, -0.05) is 19.3 Å². The second-order valence-corrected chi connectivity index (χ2v) is 6.99. The fourth-order valence-electron chi connectivity index (χ4n) is 3.47. The molecule has 28 heavy (non-hydrogen) atoms. The van der Waals surface area contributed by atoms with Gasteiger partial charge in [-0.3, -0.25) is 9.78 Å². The van der Waals surface area contributed by atoms with Crippen molar-refractivity contribution in [3.63, 3.8) is 0 Å². The van der Waals surface area contributed by atoms with Gasteiger partial charge in [-0.05, 0) is 54.8 Å². The molecule has 1 aliphatic carbocycles. The Morgan fingerprint density at radius 3 is 2.36 bits per heavy atom. The van der Waals surface area contributed by atoms with Crippen LogP contribution in [0, 0.1) is 0 Å². The first-order valence-corrected chi connectivity index (χ1v) is 9.52. The van der Waals surface area contributed by atoms with E-state index in [0.717, 1.165) is 24.8 Å². The SMILES string of the molecule is COc1ccc(NC(=O)NC2(C(=O)NCc3ccncc3)CCCCC2)cc1. The van der Waals surface area contributed by atoms with Crippen molar-refractivity contribution < 1.29 is 14.3 Å². The van der Waals surface area contributed by atoms with Crippen molar-refractivity contribution in [3.8, 4) is 5.75 Å². The Labute approximate surface area is 164 Å². The number of nitrogens with zero attached hydrogens (tertiary/aromatic N) is 1. The number of rotatable bonds is 6. The van der Waals surface area contributed by atoms with E-state index in [-0.39, 0.29) is 11.9 Å². The number of hydrogen-bond donors (Lipinski definition) is 3. The standard InChI is InChI=1S/C21H26N4O3/c1-28-18-7-5-17(6-8-18)24-20(27)25-21(11-3-2-4-12-21)19(26)23-15-16-9-13-22-14-10-16/h5-10,13-14H,2-4,11-12,15H2,1H3,(H,23,26)(H2,24,25,27). The summed E-state index contributed by atoms with van der Waals surface area (Å²) >= 11 is 0. The fraction of sp³-hybridized carbons (Fsp3) is 0.381. The molecule has 2 aromatic rings. The highest BCUT2D eigenvalue weighted by molar-refractivity contribution is 5.96. The first-order valence-electron chi connectivity index (χ1n) is 9.52. The maximum absolute atomic E-state index is 13.0. The van der Waals surface area contributed by atoms with Crippen LogP contribution in [0.4, 0.5) is 10.5 Å². The molecule has 7 heteroatoms. The second-order valence-electron chi connectivity index (χ2n) is 6.99. The molecule has 0 bridgehead atoms. The average molecular weight is 382 g/mol. The molecule has 0 spiro atoms. The quantitative estimate of drug-likeness (QED) is 0.715. The third kappa shape index (κ3) is 5.00. The molecule has 0 aliphatic heterocycles.